The van der Waals surface area contributed by atoms with Gasteiger partial charge in [0.15, 0.2) is 0 Å². The van der Waals surface area contributed by atoms with E-state index in [1.165, 1.54) is 6.42 Å². The summed E-state index contributed by atoms with van der Waals surface area (Å²) in [4.78, 5) is 21.0. The average molecular weight is 199 g/mol. The molecule has 0 saturated heterocycles. The van der Waals surface area contributed by atoms with Crippen molar-refractivity contribution in [1.29, 1.82) is 0 Å². The Bertz CT molecular complexity index is 211. The zero-order chi connectivity index (χ0) is 10.8. The molecule has 0 aliphatic rings. The fourth-order valence-corrected chi connectivity index (χ4v) is 0.969. The van der Waals surface area contributed by atoms with Gasteiger partial charge in [-0.05, 0) is 6.42 Å². The molecule has 0 aliphatic heterocycles. The minimum atomic E-state index is -1.11. The molecule has 0 aromatic rings. The van der Waals surface area contributed by atoms with E-state index in [4.69, 9.17) is 5.11 Å². The highest BCUT2D eigenvalue weighted by molar-refractivity contribution is 5.93. The van der Waals surface area contributed by atoms with Gasteiger partial charge in [0.2, 0.25) is 5.91 Å². The number of carboxylic acid groups (broad SMARTS) is 1. The SMILES string of the molecule is CCCCCCNC(=O)/C=C\C(=O)O. The minimum absolute atomic E-state index is 0.344. The second-order valence-electron chi connectivity index (χ2n) is 3.02. The minimum Gasteiger partial charge on any atom is -0.478 e. The predicted octanol–water partition coefficient (Wildman–Crippen LogP) is 1.32. The molecule has 0 bridgehead atoms. The van der Waals surface area contributed by atoms with Crippen molar-refractivity contribution in [3.8, 4) is 0 Å². The average Bonchev–Trinajstić information content (AvgIpc) is 2.14. The van der Waals surface area contributed by atoms with Crippen molar-refractivity contribution in [3.63, 3.8) is 0 Å². The molecule has 1 amide bonds. The van der Waals surface area contributed by atoms with Crippen LogP contribution in [0.2, 0.25) is 0 Å². The number of hydrogen-bond acceptors (Lipinski definition) is 2. The van der Waals surface area contributed by atoms with E-state index in [1.54, 1.807) is 0 Å². The molecule has 0 heterocycles. The Kier molecular flexibility index (Phi) is 7.50. The Morgan fingerprint density at radius 2 is 1.93 bits per heavy atom. The van der Waals surface area contributed by atoms with Crippen LogP contribution >= 0.6 is 0 Å². The smallest absolute Gasteiger partial charge is 0.328 e. The molecule has 0 atom stereocenters. The van der Waals surface area contributed by atoms with Crippen molar-refractivity contribution in [1.82, 2.24) is 5.32 Å². The number of aliphatic carboxylic acids is 1. The number of carbonyl (C=O) groups is 2. The first-order valence-electron chi connectivity index (χ1n) is 4.85. The third kappa shape index (κ3) is 8.77. The maximum atomic E-state index is 10.9. The fraction of sp³-hybridized carbons (Fsp3) is 0.600. The number of hydrogen-bond donors (Lipinski definition) is 2. The number of carboxylic acids is 1. The van der Waals surface area contributed by atoms with Crippen molar-refractivity contribution in [2.45, 2.75) is 32.6 Å². The van der Waals surface area contributed by atoms with Crippen LogP contribution in [0.25, 0.3) is 0 Å². The zero-order valence-corrected chi connectivity index (χ0v) is 8.45. The van der Waals surface area contributed by atoms with Crippen LogP contribution in [0, 0.1) is 0 Å². The molecule has 0 unspecified atom stereocenters. The molecule has 0 aromatic heterocycles. The van der Waals surface area contributed by atoms with Gasteiger partial charge in [-0.15, -0.1) is 0 Å². The maximum absolute atomic E-state index is 10.9. The summed E-state index contributed by atoms with van der Waals surface area (Å²) in [6.45, 7) is 2.73. The summed E-state index contributed by atoms with van der Waals surface area (Å²) in [5.41, 5.74) is 0. The molecule has 0 spiro atoms. The van der Waals surface area contributed by atoms with E-state index in [0.717, 1.165) is 31.4 Å². The van der Waals surface area contributed by atoms with E-state index in [0.29, 0.717) is 6.54 Å². The summed E-state index contributed by atoms with van der Waals surface area (Å²) < 4.78 is 0. The van der Waals surface area contributed by atoms with Crippen LogP contribution < -0.4 is 5.32 Å². The van der Waals surface area contributed by atoms with Crippen LogP contribution in [0.5, 0.6) is 0 Å². The topological polar surface area (TPSA) is 66.4 Å². The lowest BCUT2D eigenvalue weighted by Crippen LogP contribution is -2.22. The number of amides is 1. The third-order valence-corrected chi connectivity index (χ3v) is 1.71. The molecule has 80 valence electrons. The van der Waals surface area contributed by atoms with Crippen molar-refractivity contribution in [2.75, 3.05) is 6.54 Å². The van der Waals surface area contributed by atoms with Crippen LogP contribution in [0.15, 0.2) is 12.2 Å². The van der Waals surface area contributed by atoms with E-state index in [-0.39, 0.29) is 5.91 Å². The number of carbonyl (C=O) groups excluding carboxylic acids is 1. The van der Waals surface area contributed by atoms with Crippen molar-refractivity contribution in [3.05, 3.63) is 12.2 Å². The summed E-state index contributed by atoms with van der Waals surface area (Å²) in [5, 5.41) is 10.8. The Morgan fingerprint density at radius 3 is 2.50 bits per heavy atom. The molecule has 14 heavy (non-hydrogen) atoms. The normalized spacial score (nSPS) is 10.4. The van der Waals surface area contributed by atoms with Gasteiger partial charge in [0.25, 0.3) is 0 Å². The van der Waals surface area contributed by atoms with Gasteiger partial charge in [0.05, 0.1) is 0 Å². The summed E-state index contributed by atoms with van der Waals surface area (Å²) >= 11 is 0. The maximum Gasteiger partial charge on any atom is 0.328 e. The van der Waals surface area contributed by atoms with Crippen LogP contribution in [-0.4, -0.2) is 23.5 Å². The number of unbranched alkanes of at least 4 members (excludes halogenated alkanes) is 3. The first-order valence-corrected chi connectivity index (χ1v) is 4.85. The Morgan fingerprint density at radius 1 is 1.21 bits per heavy atom. The highest BCUT2D eigenvalue weighted by atomic mass is 16.4. The van der Waals surface area contributed by atoms with Crippen molar-refractivity contribution in [2.24, 2.45) is 0 Å². The van der Waals surface area contributed by atoms with Gasteiger partial charge in [-0.25, -0.2) is 4.79 Å². The van der Waals surface area contributed by atoms with Crippen molar-refractivity contribution < 1.29 is 14.7 Å². The second kappa shape index (κ2) is 8.29. The standard InChI is InChI=1S/C10H17NO3/c1-2-3-4-5-8-11-9(12)6-7-10(13)14/h6-7H,2-5,8H2,1H3,(H,11,12)(H,13,14)/b7-6-. The van der Waals surface area contributed by atoms with Crippen LogP contribution in [0.3, 0.4) is 0 Å². The third-order valence-electron chi connectivity index (χ3n) is 1.71. The number of nitrogens with one attached hydrogen (secondary N) is 1. The monoisotopic (exact) mass is 199 g/mol. The van der Waals surface area contributed by atoms with Gasteiger partial charge in [-0.3, -0.25) is 4.79 Å². The molecule has 0 fully saturated rings. The molecule has 2 N–H and O–H groups in total. The highest BCUT2D eigenvalue weighted by Gasteiger charge is 1.95. The molecule has 0 rings (SSSR count). The highest BCUT2D eigenvalue weighted by Crippen LogP contribution is 1.96. The zero-order valence-electron chi connectivity index (χ0n) is 8.45. The van der Waals surface area contributed by atoms with Crippen LogP contribution in [-0.2, 0) is 9.59 Å². The van der Waals surface area contributed by atoms with Gasteiger partial charge in [0.1, 0.15) is 0 Å². The van der Waals surface area contributed by atoms with Crippen LogP contribution in [0.4, 0.5) is 0 Å². The van der Waals surface area contributed by atoms with Crippen LogP contribution in [0.1, 0.15) is 32.6 Å². The Labute approximate surface area is 84.0 Å². The molecule has 4 nitrogen and oxygen atoms in total. The summed E-state index contributed by atoms with van der Waals surface area (Å²) in [7, 11) is 0. The molecule has 0 radical (unpaired) electrons. The van der Waals surface area contributed by atoms with Gasteiger partial charge in [-0.1, -0.05) is 26.2 Å². The second-order valence-corrected chi connectivity index (χ2v) is 3.02. The molecular formula is C10H17NO3. The molecular weight excluding hydrogens is 182 g/mol. The number of rotatable bonds is 7. The van der Waals surface area contributed by atoms with E-state index in [2.05, 4.69) is 12.2 Å². The lowest BCUT2D eigenvalue weighted by atomic mass is 10.2. The van der Waals surface area contributed by atoms with E-state index < -0.39 is 5.97 Å². The van der Waals surface area contributed by atoms with Gasteiger partial charge < -0.3 is 10.4 Å². The first kappa shape index (κ1) is 12.7. The summed E-state index contributed by atoms with van der Waals surface area (Å²) in [6.07, 6.45) is 6.23. The molecule has 0 aromatic carbocycles. The van der Waals surface area contributed by atoms with E-state index in [1.807, 2.05) is 0 Å². The van der Waals surface area contributed by atoms with E-state index in [9.17, 15) is 9.59 Å². The molecule has 0 aliphatic carbocycles. The van der Waals surface area contributed by atoms with Gasteiger partial charge >= 0.3 is 5.97 Å². The lowest BCUT2D eigenvalue weighted by Gasteiger charge is -2.00. The largest absolute Gasteiger partial charge is 0.478 e. The fourth-order valence-electron chi connectivity index (χ4n) is 0.969. The molecule has 4 heteroatoms. The van der Waals surface area contributed by atoms with Gasteiger partial charge in [-0.2, -0.15) is 0 Å². The molecule has 0 saturated carbocycles. The Hall–Kier alpha value is -1.32. The lowest BCUT2D eigenvalue weighted by molar-refractivity contribution is -0.131. The summed E-state index contributed by atoms with van der Waals surface area (Å²) in [6, 6.07) is 0. The quantitative estimate of drug-likeness (QED) is 0.480. The van der Waals surface area contributed by atoms with Gasteiger partial charge in [0, 0.05) is 18.7 Å². The predicted molar refractivity (Wildman–Crippen MR) is 53.9 cm³/mol. The Balaban J connectivity index is 3.40. The van der Waals surface area contributed by atoms with Crippen molar-refractivity contribution >= 4 is 11.9 Å². The summed E-state index contributed by atoms with van der Waals surface area (Å²) in [5.74, 6) is -1.45. The first-order chi connectivity index (χ1) is 6.66. The van der Waals surface area contributed by atoms with E-state index >= 15 is 0 Å².